The van der Waals surface area contributed by atoms with E-state index in [9.17, 15) is 9.59 Å². The van der Waals surface area contributed by atoms with E-state index < -0.39 is 5.97 Å². The van der Waals surface area contributed by atoms with E-state index in [1.54, 1.807) is 0 Å². The number of carbonyl (C=O) groups is 2. The summed E-state index contributed by atoms with van der Waals surface area (Å²) in [6, 6.07) is 16.0. The molecule has 0 aliphatic heterocycles. The predicted octanol–water partition coefficient (Wildman–Crippen LogP) is 5.24. The molecule has 2 aromatic carbocycles. The third kappa shape index (κ3) is 4.02. The van der Waals surface area contributed by atoms with E-state index in [1.165, 1.54) is 35.8 Å². The number of aromatic nitrogens is 4. The minimum atomic E-state index is -0.428. The highest BCUT2D eigenvalue weighted by atomic mass is 32.2. The Balaban J connectivity index is 1.17. The monoisotopic (exact) mass is 515 g/mol. The molecule has 0 bridgehead atoms. The van der Waals surface area contributed by atoms with Gasteiger partial charge >= 0.3 is 5.97 Å². The minimum absolute atomic E-state index is 0.181. The Bertz CT molecular complexity index is 1640. The van der Waals surface area contributed by atoms with Crippen molar-refractivity contribution in [1.82, 2.24) is 20.2 Å². The standard InChI is InChI=1S/C26H21N5O3S2/c1-34-25(33)20-17-11-10-14-6-2-3-7-15(14)22(17)36-24(20)28-19(32)12-13-35-26-29-23-21(30-31-26)16-8-4-5-9-18(16)27-23/h2-9H,10-13H2,1H3,(H,28,32)(H,27,29,31). The summed E-state index contributed by atoms with van der Waals surface area (Å²) in [4.78, 5) is 34.3. The number of ether oxygens (including phenoxy) is 1. The summed E-state index contributed by atoms with van der Waals surface area (Å²) in [5, 5.41) is 13.5. The van der Waals surface area contributed by atoms with Crippen LogP contribution >= 0.6 is 23.1 Å². The fraction of sp³-hybridized carbons (Fsp3) is 0.192. The largest absolute Gasteiger partial charge is 0.465 e. The average Bonchev–Trinajstić information content (AvgIpc) is 3.46. The first-order valence-electron chi connectivity index (χ1n) is 11.5. The molecule has 0 saturated carbocycles. The van der Waals surface area contributed by atoms with Gasteiger partial charge in [-0.3, -0.25) is 4.79 Å². The van der Waals surface area contributed by atoms with Crippen molar-refractivity contribution < 1.29 is 14.3 Å². The lowest BCUT2D eigenvalue weighted by atomic mass is 9.89. The summed E-state index contributed by atoms with van der Waals surface area (Å²) in [5.74, 6) is -0.136. The maximum atomic E-state index is 12.8. The lowest BCUT2D eigenvalue weighted by molar-refractivity contribution is -0.115. The number of aryl methyl sites for hydroxylation is 1. The third-order valence-corrected chi connectivity index (χ3v) is 8.24. The van der Waals surface area contributed by atoms with Crippen molar-refractivity contribution in [3.63, 3.8) is 0 Å². The van der Waals surface area contributed by atoms with Gasteiger partial charge in [0.1, 0.15) is 10.5 Å². The van der Waals surface area contributed by atoms with Crippen LogP contribution < -0.4 is 5.32 Å². The lowest BCUT2D eigenvalue weighted by Gasteiger charge is -2.16. The number of rotatable bonds is 6. The predicted molar refractivity (Wildman–Crippen MR) is 142 cm³/mol. The molecule has 0 saturated heterocycles. The number of nitrogens with zero attached hydrogens (tertiary/aromatic N) is 3. The number of carbonyl (C=O) groups excluding carboxylic acids is 2. The van der Waals surface area contributed by atoms with Crippen LogP contribution in [-0.2, 0) is 22.4 Å². The number of fused-ring (bicyclic) bond motifs is 6. The van der Waals surface area contributed by atoms with Crippen LogP contribution in [0.1, 0.15) is 27.9 Å². The normalized spacial score (nSPS) is 12.4. The average molecular weight is 516 g/mol. The van der Waals surface area contributed by atoms with Crippen molar-refractivity contribution in [2.75, 3.05) is 18.2 Å². The quantitative estimate of drug-likeness (QED) is 0.235. The Kier molecular flexibility index (Phi) is 5.90. The zero-order chi connectivity index (χ0) is 24.6. The van der Waals surface area contributed by atoms with Gasteiger partial charge in [-0.15, -0.1) is 21.5 Å². The van der Waals surface area contributed by atoms with Crippen LogP contribution in [0.25, 0.3) is 32.5 Å². The number of aromatic amines is 1. The van der Waals surface area contributed by atoms with Gasteiger partial charge in [0.2, 0.25) is 11.1 Å². The van der Waals surface area contributed by atoms with Gasteiger partial charge in [0.25, 0.3) is 0 Å². The molecule has 5 aromatic rings. The van der Waals surface area contributed by atoms with E-state index in [0.29, 0.717) is 27.1 Å². The minimum Gasteiger partial charge on any atom is -0.465 e. The van der Waals surface area contributed by atoms with Crippen molar-refractivity contribution >= 4 is 62.0 Å². The van der Waals surface area contributed by atoms with Gasteiger partial charge in [-0.25, -0.2) is 9.78 Å². The Morgan fingerprint density at radius 1 is 1.11 bits per heavy atom. The number of anilines is 1. The van der Waals surface area contributed by atoms with Crippen molar-refractivity contribution in [3.05, 3.63) is 65.2 Å². The van der Waals surface area contributed by atoms with E-state index in [0.717, 1.165) is 45.3 Å². The number of H-pyrrole nitrogens is 1. The van der Waals surface area contributed by atoms with Crippen LogP contribution in [0.5, 0.6) is 0 Å². The first-order valence-corrected chi connectivity index (χ1v) is 13.3. The molecular weight excluding hydrogens is 494 g/mol. The number of methoxy groups -OCH3 is 1. The van der Waals surface area contributed by atoms with Gasteiger partial charge in [-0.1, -0.05) is 54.2 Å². The van der Waals surface area contributed by atoms with Crippen LogP contribution in [0.15, 0.2) is 53.7 Å². The summed E-state index contributed by atoms with van der Waals surface area (Å²) >= 11 is 2.79. The molecule has 0 unspecified atom stereocenters. The molecule has 1 aliphatic carbocycles. The van der Waals surface area contributed by atoms with Gasteiger partial charge in [-0.2, -0.15) is 0 Å². The number of thiophene rings is 1. The highest BCUT2D eigenvalue weighted by Gasteiger charge is 2.29. The fourth-order valence-corrected chi connectivity index (χ4v) is 6.58. The Labute approximate surface area is 214 Å². The maximum absolute atomic E-state index is 12.8. The second-order valence-corrected chi connectivity index (χ2v) is 10.5. The zero-order valence-electron chi connectivity index (χ0n) is 19.3. The summed E-state index contributed by atoms with van der Waals surface area (Å²) in [5.41, 5.74) is 6.13. The zero-order valence-corrected chi connectivity index (χ0v) is 21.0. The number of thioether (sulfide) groups is 1. The van der Waals surface area contributed by atoms with E-state index in [2.05, 4.69) is 37.6 Å². The Morgan fingerprint density at radius 2 is 1.94 bits per heavy atom. The smallest absolute Gasteiger partial charge is 0.341 e. The van der Waals surface area contributed by atoms with Crippen LogP contribution in [0.2, 0.25) is 0 Å². The van der Waals surface area contributed by atoms with Crippen molar-refractivity contribution in [2.45, 2.75) is 24.4 Å². The van der Waals surface area contributed by atoms with Crippen LogP contribution in [-0.4, -0.2) is 44.9 Å². The van der Waals surface area contributed by atoms with Crippen LogP contribution in [0.4, 0.5) is 5.00 Å². The summed E-state index contributed by atoms with van der Waals surface area (Å²) in [6.07, 6.45) is 1.82. The number of nitrogens with one attached hydrogen (secondary N) is 2. The second-order valence-electron chi connectivity index (χ2n) is 8.37. The summed E-state index contributed by atoms with van der Waals surface area (Å²) in [6.45, 7) is 0. The molecule has 8 nitrogen and oxygen atoms in total. The first kappa shape index (κ1) is 22.7. The highest BCUT2D eigenvalue weighted by Crippen LogP contribution is 2.45. The first-order chi connectivity index (χ1) is 17.6. The maximum Gasteiger partial charge on any atom is 0.341 e. The summed E-state index contributed by atoms with van der Waals surface area (Å²) < 4.78 is 5.05. The Morgan fingerprint density at radius 3 is 2.83 bits per heavy atom. The van der Waals surface area contributed by atoms with Crippen molar-refractivity contribution in [3.8, 4) is 10.4 Å². The SMILES string of the molecule is COC(=O)c1c(NC(=O)CCSc2nnc3c(n2)[nH]c2ccccc23)sc2c1CCc1ccccc1-2. The molecule has 1 amide bonds. The van der Waals surface area contributed by atoms with E-state index >= 15 is 0 Å². The molecule has 2 N–H and O–H groups in total. The number of hydrogen-bond donors (Lipinski definition) is 2. The lowest BCUT2D eigenvalue weighted by Crippen LogP contribution is -2.15. The molecule has 180 valence electrons. The van der Waals surface area contributed by atoms with Gasteiger partial charge < -0.3 is 15.0 Å². The van der Waals surface area contributed by atoms with Crippen molar-refractivity contribution in [1.29, 1.82) is 0 Å². The molecule has 0 radical (unpaired) electrons. The molecule has 6 rings (SSSR count). The van der Waals surface area contributed by atoms with E-state index in [-0.39, 0.29) is 12.3 Å². The molecule has 0 spiro atoms. The number of para-hydroxylation sites is 1. The highest BCUT2D eigenvalue weighted by molar-refractivity contribution is 7.99. The molecular formula is C26H21N5O3S2. The van der Waals surface area contributed by atoms with Crippen LogP contribution in [0.3, 0.4) is 0 Å². The van der Waals surface area contributed by atoms with E-state index in [1.807, 2.05) is 36.4 Å². The molecule has 0 fully saturated rings. The molecule has 10 heteroatoms. The number of esters is 1. The molecule has 3 heterocycles. The number of benzene rings is 2. The molecule has 36 heavy (non-hydrogen) atoms. The number of hydrogen-bond acceptors (Lipinski definition) is 8. The summed E-state index contributed by atoms with van der Waals surface area (Å²) in [7, 11) is 1.36. The van der Waals surface area contributed by atoms with Gasteiger partial charge in [-0.05, 0) is 35.6 Å². The third-order valence-electron chi connectivity index (χ3n) is 6.22. The fourth-order valence-electron chi connectivity index (χ4n) is 4.54. The molecule has 1 aliphatic rings. The van der Waals surface area contributed by atoms with Gasteiger partial charge in [0, 0.05) is 28.0 Å². The molecule has 0 atom stereocenters. The number of amides is 1. The molecule has 3 aromatic heterocycles. The second kappa shape index (κ2) is 9.36. The Hall–Kier alpha value is -3.76. The topological polar surface area (TPSA) is 110 Å². The van der Waals surface area contributed by atoms with Crippen LogP contribution in [0, 0.1) is 0 Å². The van der Waals surface area contributed by atoms with E-state index in [4.69, 9.17) is 4.74 Å². The van der Waals surface area contributed by atoms with Gasteiger partial charge in [0.05, 0.1) is 12.7 Å². The van der Waals surface area contributed by atoms with Gasteiger partial charge in [0.15, 0.2) is 5.65 Å². The van der Waals surface area contributed by atoms with Crippen molar-refractivity contribution in [2.24, 2.45) is 0 Å².